The number of aryl methyl sites for hydroxylation is 1. The lowest BCUT2D eigenvalue weighted by molar-refractivity contribution is 0.0605. The SMILES string of the molecule is COC(=O)c1sc2ncn3nc(COc4ccc(-c5ccccc5)cc4)nc3c2c1C. The molecule has 0 aliphatic heterocycles. The monoisotopic (exact) mass is 430 g/mol. The lowest BCUT2D eigenvalue weighted by Gasteiger charge is -2.05. The molecule has 0 atom stereocenters. The summed E-state index contributed by atoms with van der Waals surface area (Å²) in [7, 11) is 1.37. The second-order valence-electron chi connectivity index (χ2n) is 6.95. The molecule has 8 heteroatoms. The van der Waals surface area contributed by atoms with Crippen molar-refractivity contribution in [2.45, 2.75) is 13.5 Å². The Kier molecular flexibility index (Phi) is 4.83. The molecule has 5 aromatic rings. The number of methoxy groups -OCH3 is 1. The molecule has 0 saturated heterocycles. The molecule has 0 aliphatic rings. The van der Waals surface area contributed by atoms with Crippen molar-refractivity contribution in [3.8, 4) is 16.9 Å². The van der Waals surface area contributed by atoms with E-state index in [-0.39, 0.29) is 12.6 Å². The third-order valence-corrected chi connectivity index (χ3v) is 6.19. The molecule has 0 spiro atoms. The highest BCUT2D eigenvalue weighted by Gasteiger charge is 2.20. The van der Waals surface area contributed by atoms with Gasteiger partial charge in [0, 0.05) is 0 Å². The quantitative estimate of drug-likeness (QED) is 0.377. The number of rotatable bonds is 5. The summed E-state index contributed by atoms with van der Waals surface area (Å²) in [6.45, 7) is 2.09. The van der Waals surface area contributed by atoms with E-state index in [1.807, 2.05) is 49.4 Å². The molecule has 154 valence electrons. The van der Waals surface area contributed by atoms with Gasteiger partial charge in [0.05, 0.1) is 12.5 Å². The van der Waals surface area contributed by atoms with Crippen LogP contribution in [0, 0.1) is 6.92 Å². The van der Waals surface area contributed by atoms with E-state index in [0.29, 0.717) is 16.3 Å². The topological polar surface area (TPSA) is 78.6 Å². The van der Waals surface area contributed by atoms with Gasteiger partial charge in [-0.25, -0.2) is 19.3 Å². The first-order chi connectivity index (χ1) is 15.1. The molecule has 2 aromatic carbocycles. The lowest BCUT2D eigenvalue weighted by Crippen LogP contribution is -1.99. The second kappa shape index (κ2) is 7.81. The van der Waals surface area contributed by atoms with E-state index in [1.54, 1.807) is 10.8 Å². The Labute approximate surface area is 181 Å². The first-order valence-corrected chi connectivity index (χ1v) is 10.5. The summed E-state index contributed by atoms with van der Waals surface area (Å²) < 4.78 is 12.4. The number of carbonyl (C=O) groups is 1. The van der Waals surface area contributed by atoms with Gasteiger partial charge in [-0.15, -0.1) is 16.4 Å². The standard InChI is InChI=1S/C23H18N4O3S/c1-14-19-21-25-18(26-27(21)13-24-22(19)31-20(14)23(28)29-2)12-30-17-10-8-16(9-11-17)15-6-4-3-5-7-15/h3-11,13H,12H2,1-2H3. The minimum absolute atomic E-state index is 0.223. The molecule has 3 heterocycles. The number of benzene rings is 2. The van der Waals surface area contributed by atoms with Crippen molar-refractivity contribution in [1.29, 1.82) is 0 Å². The van der Waals surface area contributed by atoms with Gasteiger partial charge in [0.25, 0.3) is 0 Å². The first kappa shape index (κ1) is 19.2. The molecule has 5 rings (SSSR count). The van der Waals surface area contributed by atoms with Crippen LogP contribution in [0.5, 0.6) is 5.75 Å². The molecule has 7 nitrogen and oxygen atoms in total. The lowest BCUT2D eigenvalue weighted by atomic mass is 10.1. The summed E-state index contributed by atoms with van der Waals surface area (Å²) in [4.78, 5) is 22.3. The average Bonchev–Trinajstić information content (AvgIpc) is 3.38. The van der Waals surface area contributed by atoms with Crippen molar-refractivity contribution < 1.29 is 14.3 Å². The van der Waals surface area contributed by atoms with Gasteiger partial charge < -0.3 is 9.47 Å². The Morgan fingerprint density at radius 3 is 2.55 bits per heavy atom. The van der Waals surface area contributed by atoms with Gasteiger partial charge in [0.1, 0.15) is 28.4 Å². The Bertz CT molecular complexity index is 1390. The smallest absolute Gasteiger partial charge is 0.348 e. The van der Waals surface area contributed by atoms with Crippen molar-refractivity contribution in [3.63, 3.8) is 0 Å². The summed E-state index contributed by atoms with van der Waals surface area (Å²) in [6.07, 6.45) is 1.60. The van der Waals surface area contributed by atoms with Crippen LogP contribution in [-0.4, -0.2) is 32.7 Å². The number of ether oxygens (including phenoxy) is 2. The number of hydrogen-bond acceptors (Lipinski definition) is 7. The van der Waals surface area contributed by atoms with E-state index in [9.17, 15) is 4.79 Å². The summed E-state index contributed by atoms with van der Waals surface area (Å²) in [5.41, 5.74) is 3.72. The van der Waals surface area contributed by atoms with Gasteiger partial charge in [0.2, 0.25) is 0 Å². The molecule has 0 unspecified atom stereocenters. The van der Waals surface area contributed by atoms with Crippen LogP contribution in [0.1, 0.15) is 21.1 Å². The molecular formula is C23H18N4O3S. The number of aromatic nitrogens is 4. The van der Waals surface area contributed by atoms with Crippen LogP contribution >= 0.6 is 11.3 Å². The fourth-order valence-corrected chi connectivity index (χ4v) is 4.51. The summed E-state index contributed by atoms with van der Waals surface area (Å²) in [5, 5.41) is 5.27. The van der Waals surface area contributed by atoms with Crippen LogP contribution in [0.3, 0.4) is 0 Å². The number of fused-ring (bicyclic) bond motifs is 3. The molecule has 0 fully saturated rings. The van der Waals surface area contributed by atoms with Gasteiger partial charge >= 0.3 is 5.97 Å². The highest BCUT2D eigenvalue weighted by atomic mass is 32.1. The van der Waals surface area contributed by atoms with Crippen molar-refractivity contribution in [2.75, 3.05) is 7.11 Å². The van der Waals surface area contributed by atoms with Gasteiger partial charge in [-0.3, -0.25) is 0 Å². The predicted octanol–water partition coefficient (Wildman–Crippen LogP) is 4.68. The van der Waals surface area contributed by atoms with Crippen molar-refractivity contribution >= 4 is 33.2 Å². The Balaban J connectivity index is 1.39. The van der Waals surface area contributed by atoms with E-state index >= 15 is 0 Å². The highest BCUT2D eigenvalue weighted by molar-refractivity contribution is 7.20. The third-order valence-electron chi connectivity index (χ3n) is 5.01. The van der Waals surface area contributed by atoms with Crippen LogP contribution in [-0.2, 0) is 11.3 Å². The Hall–Kier alpha value is -3.78. The maximum absolute atomic E-state index is 12.0. The molecule has 3 aromatic heterocycles. The summed E-state index contributed by atoms with van der Waals surface area (Å²) in [6, 6.07) is 18.1. The van der Waals surface area contributed by atoms with Crippen LogP contribution < -0.4 is 4.74 Å². The number of hydrogen-bond donors (Lipinski definition) is 0. The van der Waals surface area contributed by atoms with E-state index in [2.05, 4.69) is 27.2 Å². The van der Waals surface area contributed by atoms with Crippen LogP contribution in [0.4, 0.5) is 0 Å². The largest absolute Gasteiger partial charge is 0.486 e. The summed E-state index contributed by atoms with van der Waals surface area (Å²) >= 11 is 1.29. The number of nitrogens with zero attached hydrogens (tertiary/aromatic N) is 4. The maximum atomic E-state index is 12.0. The molecule has 0 aliphatic carbocycles. The van der Waals surface area contributed by atoms with Gasteiger partial charge in [-0.1, -0.05) is 42.5 Å². The minimum atomic E-state index is -0.374. The molecule has 0 N–H and O–H groups in total. The zero-order valence-corrected chi connectivity index (χ0v) is 17.7. The number of thiophene rings is 1. The molecule has 31 heavy (non-hydrogen) atoms. The third kappa shape index (κ3) is 3.51. The highest BCUT2D eigenvalue weighted by Crippen LogP contribution is 2.32. The zero-order chi connectivity index (χ0) is 21.4. The fraction of sp³-hybridized carbons (Fsp3) is 0.130. The van der Waals surface area contributed by atoms with E-state index < -0.39 is 0 Å². The second-order valence-corrected chi connectivity index (χ2v) is 7.95. The van der Waals surface area contributed by atoms with Crippen LogP contribution in [0.15, 0.2) is 60.9 Å². The first-order valence-electron chi connectivity index (χ1n) is 9.64. The van der Waals surface area contributed by atoms with Crippen molar-refractivity contribution in [2.24, 2.45) is 0 Å². The molecule has 0 radical (unpaired) electrons. The summed E-state index contributed by atoms with van der Waals surface area (Å²) in [5.74, 6) is 0.897. The fourth-order valence-electron chi connectivity index (χ4n) is 3.45. The van der Waals surface area contributed by atoms with Crippen LogP contribution in [0.25, 0.3) is 27.0 Å². The van der Waals surface area contributed by atoms with Crippen molar-refractivity contribution in [3.05, 3.63) is 77.2 Å². The minimum Gasteiger partial charge on any atom is -0.486 e. The van der Waals surface area contributed by atoms with Crippen LogP contribution in [0.2, 0.25) is 0 Å². The molecule has 0 saturated carbocycles. The van der Waals surface area contributed by atoms with Gasteiger partial charge in [-0.2, -0.15) is 0 Å². The maximum Gasteiger partial charge on any atom is 0.348 e. The number of carbonyl (C=O) groups excluding carboxylic acids is 1. The van der Waals surface area contributed by atoms with E-state index in [0.717, 1.165) is 32.7 Å². The Morgan fingerprint density at radius 1 is 1.06 bits per heavy atom. The van der Waals surface area contributed by atoms with Crippen molar-refractivity contribution in [1.82, 2.24) is 19.6 Å². The number of esters is 1. The van der Waals surface area contributed by atoms with E-state index in [4.69, 9.17) is 9.47 Å². The normalized spacial score (nSPS) is 11.2. The van der Waals surface area contributed by atoms with Gasteiger partial charge in [0.15, 0.2) is 11.5 Å². The van der Waals surface area contributed by atoms with E-state index in [1.165, 1.54) is 18.4 Å². The zero-order valence-electron chi connectivity index (χ0n) is 16.9. The molecule has 0 bridgehead atoms. The van der Waals surface area contributed by atoms with Gasteiger partial charge in [-0.05, 0) is 35.7 Å². The molecule has 0 amide bonds. The predicted molar refractivity (Wildman–Crippen MR) is 118 cm³/mol. The Morgan fingerprint density at radius 2 is 1.81 bits per heavy atom. The molecular weight excluding hydrogens is 412 g/mol. The average molecular weight is 430 g/mol.